The highest BCUT2D eigenvalue weighted by Crippen LogP contribution is 2.77. The van der Waals surface area contributed by atoms with E-state index >= 15 is 0 Å². The van der Waals surface area contributed by atoms with Gasteiger partial charge < -0.3 is 4.74 Å². The highest BCUT2D eigenvalue weighted by Gasteiger charge is 2.73. The van der Waals surface area contributed by atoms with E-state index in [1.54, 1.807) is 7.11 Å². The van der Waals surface area contributed by atoms with Crippen LogP contribution in [-0.4, -0.2) is 19.0 Å². The molecule has 0 heterocycles. The summed E-state index contributed by atoms with van der Waals surface area (Å²) in [4.78, 5) is 13.1. The molecule has 4 fully saturated rings. The quantitative estimate of drug-likeness (QED) is 0.388. The molecule has 3 heteroatoms. The number of hydrogen-bond acceptors (Lipinski definition) is 2. The largest absolute Gasteiger partial charge is 0.469 e. The van der Waals surface area contributed by atoms with Gasteiger partial charge in [0, 0.05) is 5.88 Å². The van der Waals surface area contributed by atoms with E-state index in [0.29, 0.717) is 23.6 Å². The molecule has 4 rings (SSSR count). The number of fused-ring (bicyclic) bond motifs is 3. The number of allylic oxidation sites excluding steroid dienone is 1. The Morgan fingerprint density at radius 3 is 2.75 bits per heavy atom. The van der Waals surface area contributed by atoms with Gasteiger partial charge in [-0.3, -0.25) is 4.79 Å². The maximum Gasteiger partial charge on any atom is 0.309 e. The van der Waals surface area contributed by atoms with Crippen LogP contribution in [0.4, 0.5) is 0 Å². The first kappa shape index (κ1) is 16.9. The molecule has 0 radical (unpaired) electrons. The second kappa shape index (κ2) is 5.25. The zero-order valence-electron chi connectivity index (χ0n) is 15.4. The summed E-state index contributed by atoms with van der Waals surface area (Å²) in [5.41, 5.74) is 1.74. The Morgan fingerprint density at radius 2 is 2.08 bits per heavy atom. The average molecular weight is 351 g/mol. The summed E-state index contributed by atoms with van der Waals surface area (Å²) in [7, 11) is 1.56. The summed E-state index contributed by atoms with van der Waals surface area (Å²) in [6, 6.07) is 0. The van der Waals surface area contributed by atoms with Crippen LogP contribution in [0.5, 0.6) is 0 Å². The van der Waals surface area contributed by atoms with Crippen molar-refractivity contribution in [2.75, 3.05) is 13.0 Å². The summed E-state index contributed by atoms with van der Waals surface area (Å²) in [5.74, 6) is 2.26. The molecule has 0 aromatic carbocycles. The molecule has 1 spiro atoms. The van der Waals surface area contributed by atoms with Crippen LogP contribution < -0.4 is 0 Å². The maximum absolute atomic E-state index is 13.1. The predicted octanol–water partition coefficient (Wildman–Crippen LogP) is 5.20. The maximum atomic E-state index is 13.1. The molecule has 0 N–H and O–H groups in total. The number of halogens is 1. The van der Waals surface area contributed by atoms with Gasteiger partial charge in [-0.1, -0.05) is 32.4 Å². The van der Waals surface area contributed by atoms with Crippen LogP contribution in [0, 0.1) is 39.9 Å². The van der Waals surface area contributed by atoms with E-state index in [2.05, 4.69) is 20.4 Å². The minimum absolute atomic E-state index is 0.00333. The second-order valence-corrected chi connectivity index (χ2v) is 9.99. The zero-order valence-corrected chi connectivity index (χ0v) is 16.1. The van der Waals surface area contributed by atoms with Crippen molar-refractivity contribution in [1.82, 2.24) is 0 Å². The van der Waals surface area contributed by atoms with E-state index in [1.165, 1.54) is 31.3 Å². The molecule has 4 saturated carbocycles. The summed E-state index contributed by atoms with van der Waals surface area (Å²) >= 11 is 6.52. The Kier molecular flexibility index (Phi) is 3.71. The average Bonchev–Trinajstić information content (AvgIpc) is 2.94. The Balaban J connectivity index is 1.90. The van der Waals surface area contributed by atoms with Gasteiger partial charge in [-0.15, -0.1) is 11.6 Å². The lowest BCUT2D eigenvalue weighted by atomic mass is 9.54. The number of hydrogen-bond donors (Lipinski definition) is 0. The van der Waals surface area contributed by atoms with E-state index < -0.39 is 0 Å². The molecule has 134 valence electrons. The van der Waals surface area contributed by atoms with Crippen molar-refractivity contribution in [2.45, 2.75) is 58.8 Å². The molecule has 2 bridgehead atoms. The number of ether oxygens (including phenoxy) is 1. The highest BCUT2D eigenvalue weighted by atomic mass is 35.5. The van der Waals surface area contributed by atoms with Gasteiger partial charge in [0.15, 0.2) is 0 Å². The third kappa shape index (κ3) is 1.87. The van der Waals surface area contributed by atoms with Gasteiger partial charge in [0.2, 0.25) is 0 Å². The van der Waals surface area contributed by atoms with Crippen LogP contribution in [-0.2, 0) is 9.53 Å². The normalized spacial score (nSPS) is 52.8. The smallest absolute Gasteiger partial charge is 0.309 e. The lowest BCUT2D eigenvalue weighted by molar-refractivity contribution is -0.155. The molecular formula is C21H31ClO2. The Labute approximate surface area is 151 Å². The standard InChI is InChI=1S/C21H31ClO2/c1-13-10-21-11-14(13)6-7-15(21)20(3)9-5-8-19(2,12-22)17(20)16(21)18(23)24-4/h14-17H,1,5-12H2,2-4H3/t14-,15+,16-,17-,19-,20+,21+/m1/s1. The molecule has 0 aromatic heterocycles. The third-order valence-corrected chi connectivity index (χ3v) is 9.30. The number of methoxy groups -OCH3 is 1. The van der Waals surface area contributed by atoms with Crippen LogP contribution in [0.25, 0.3) is 0 Å². The molecule has 0 aromatic rings. The lowest BCUT2D eigenvalue weighted by Gasteiger charge is -2.51. The fourth-order valence-electron chi connectivity index (χ4n) is 8.04. The molecule has 4 aliphatic carbocycles. The lowest BCUT2D eigenvalue weighted by Crippen LogP contribution is -2.47. The van der Waals surface area contributed by atoms with Crippen molar-refractivity contribution in [1.29, 1.82) is 0 Å². The SMILES string of the molecule is C=C1C[C@]23C[C@H]1CC[C@H]2[C@]1(C)CCC[C@](C)(CCl)[C@H]1[C@@H]3C(=O)OC. The number of carbonyl (C=O) groups excluding carboxylic acids is 1. The van der Waals surface area contributed by atoms with Crippen molar-refractivity contribution < 1.29 is 9.53 Å². The predicted molar refractivity (Wildman–Crippen MR) is 96.8 cm³/mol. The van der Waals surface area contributed by atoms with E-state index in [1.807, 2.05) is 0 Å². The number of rotatable bonds is 2. The van der Waals surface area contributed by atoms with E-state index in [-0.39, 0.29) is 28.1 Å². The van der Waals surface area contributed by atoms with E-state index in [0.717, 1.165) is 19.3 Å². The van der Waals surface area contributed by atoms with Gasteiger partial charge in [0.1, 0.15) is 0 Å². The first-order valence-corrected chi connectivity index (χ1v) is 10.2. The summed E-state index contributed by atoms with van der Waals surface area (Å²) in [6.07, 6.45) is 8.31. The highest BCUT2D eigenvalue weighted by molar-refractivity contribution is 6.18. The van der Waals surface area contributed by atoms with Crippen molar-refractivity contribution >= 4 is 17.6 Å². The van der Waals surface area contributed by atoms with Crippen molar-refractivity contribution in [3.8, 4) is 0 Å². The van der Waals surface area contributed by atoms with Crippen LogP contribution in [0.2, 0.25) is 0 Å². The number of alkyl halides is 1. The summed E-state index contributed by atoms with van der Waals surface area (Å²) < 4.78 is 5.38. The fraction of sp³-hybridized carbons (Fsp3) is 0.857. The molecule has 0 amide bonds. The van der Waals surface area contributed by atoms with E-state index in [9.17, 15) is 4.79 Å². The van der Waals surface area contributed by atoms with Gasteiger partial charge in [-0.05, 0) is 72.5 Å². The summed E-state index contributed by atoms with van der Waals surface area (Å²) in [5, 5.41) is 0. The fourth-order valence-corrected chi connectivity index (χ4v) is 8.34. The van der Waals surface area contributed by atoms with Crippen molar-refractivity contribution in [3.05, 3.63) is 12.2 Å². The first-order valence-electron chi connectivity index (χ1n) is 9.64. The van der Waals surface area contributed by atoms with Crippen LogP contribution in [0.3, 0.4) is 0 Å². The Bertz CT molecular complexity index is 586. The second-order valence-electron chi connectivity index (χ2n) is 9.72. The molecule has 0 aliphatic heterocycles. The first-order chi connectivity index (χ1) is 11.3. The third-order valence-electron chi connectivity index (χ3n) is 8.69. The van der Waals surface area contributed by atoms with Crippen LogP contribution >= 0.6 is 11.6 Å². The molecule has 0 saturated heterocycles. The van der Waals surface area contributed by atoms with Crippen LogP contribution in [0.1, 0.15) is 58.8 Å². The minimum atomic E-state index is 0.00333. The number of esters is 1. The Morgan fingerprint density at radius 1 is 1.33 bits per heavy atom. The van der Waals surface area contributed by atoms with Gasteiger partial charge in [0.05, 0.1) is 13.0 Å². The van der Waals surface area contributed by atoms with Gasteiger partial charge in [-0.2, -0.15) is 0 Å². The molecule has 7 atom stereocenters. The molecule has 0 unspecified atom stereocenters. The Hall–Kier alpha value is -0.500. The van der Waals surface area contributed by atoms with Crippen LogP contribution in [0.15, 0.2) is 12.2 Å². The molecule has 24 heavy (non-hydrogen) atoms. The molecule has 4 aliphatic rings. The van der Waals surface area contributed by atoms with Gasteiger partial charge >= 0.3 is 5.97 Å². The van der Waals surface area contributed by atoms with Gasteiger partial charge in [0.25, 0.3) is 0 Å². The van der Waals surface area contributed by atoms with Gasteiger partial charge in [-0.25, -0.2) is 0 Å². The molecule has 2 nitrogen and oxygen atoms in total. The summed E-state index contributed by atoms with van der Waals surface area (Å²) in [6.45, 7) is 9.19. The monoisotopic (exact) mass is 350 g/mol. The van der Waals surface area contributed by atoms with E-state index in [4.69, 9.17) is 16.3 Å². The number of carbonyl (C=O) groups is 1. The van der Waals surface area contributed by atoms with Crippen molar-refractivity contribution in [3.63, 3.8) is 0 Å². The zero-order chi connectivity index (χ0) is 17.3. The van der Waals surface area contributed by atoms with Crippen molar-refractivity contribution in [2.24, 2.45) is 39.9 Å². The molecular weight excluding hydrogens is 320 g/mol. The minimum Gasteiger partial charge on any atom is -0.469 e. The topological polar surface area (TPSA) is 26.3 Å².